The number of aliphatic hydroxyl groups excluding tert-OH is 2. The van der Waals surface area contributed by atoms with E-state index in [0.29, 0.717) is 35.8 Å². The molecule has 2 heterocycles. The van der Waals surface area contributed by atoms with E-state index in [1.54, 1.807) is 24.3 Å². The van der Waals surface area contributed by atoms with Crippen molar-refractivity contribution >= 4 is 29.0 Å². The van der Waals surface area contributed by atoms with E-state index in [1.807, 2.05) is 12.2 Å². The van der Waals surface area contributed by atoms with Crippen LogP contribution in [0, 0.1) is 5.92 Å². The van der Waals surface area contributed by atoms with Gasteiger partial charge in [-0.3, -0.25) is 14.6 Å². The number of amides is 1. The Balaban J connectivity index is 1.33. The fourth-order valence-corrected chi connectivity index (χ4v) is 5.74. The highest BCUT2D eigenvalue weighted by Crippen LogP contribution is 2.36. The Bertz CT molecular complexity index is 1130. The molecule has 2 aliphatic heterocycles. The summed E-state index contributed by atoms with van der Waals surface area (Å²) < 4.78 is 33.7. The molecule has 1 saturated carbocycles. The van der Waals surface area contributed by atoms with E-state index in [0.717, 1.165) is 18.6 Å². The number of Topliss-reactive ketones (excluding diaryl/α,β-unsaturated/α-hetero) is 1. The minimum absolute atomic E-state index is 0.0267. The van der Waals surface area contributed by atoms with Gasteiger partial charge in [0.2, 0.25) is 0 Å². The molecule has 1 aromatic rings. The topological polar surface area (TPSA) is 99.4 Å². The molecule has 6 atom stereocenters. The second-order valence-corrected chi connectivity index (χ2v) is 11.3. The number of aliphatic hydroxyl groups is 2. The fraction of sp³-hybridized carbons (Fsp3) is 0.567. The first-order valence-corrected chi connectivity index (χ1v) is 14.4. The summed E-state index contributed by atoms with van der Waals surface area (Å²) >= 11 is 6.18. The second-order valence-electron chi connectivity index (χ2n) is 10.9. The molecule has 0 aromatic heterocycles. The minimum Gasteiger partial charge on any atom is -0.458 e. The molecule has 2 N–H and O–H groups in total. The predicted octanol–water partition coefficient (Wildman–Crippen LogP) is 4.93. The molecule has 0 saturated heterocycles. The van der Waals surface area contributed by atoms with Crippen LogP contribution in [0.1, 0.15) is 57.8 Å². The number of aliphatic imine (C=N–C) groups is 1. The van der Waals surface area contributed by atoms with Gasteiger partial charge in [0.25, 0.3) is 5.91 Å². The number of carbonyl (C=O) groups is 2. The van der Waals surface area contributed by atoms with E-state index in [1.165, 1.54) is 11.0 Å². The molecule has 1 fully saturated rings. The number of alkyl halides is 2. The van der Waals surface area contributed by atoms with Crippen molar-refractivity contribution in [2.75, 3.05) is 13.2 Å². The van der Waals surface area contributed by atoms with Gasteiger partial charge >= 0.3 is 0 Å². The van der Waals surface area contributed by atoms with Gasteiger partial charge in [-0.1, -0.05) is 29.8 Å². The molecule has 3 aliphatic rings. The fourth-order valence-electron chi connectivity index (χ4n) is 5.57. The standard InChI is InChI=1S/C30H37ClF2N2O5/c31-24-8-1-2-10-29(24)40-23-16-30(39)35(17-23)27(15-19-13-25(32)26(33)14-19)28(38)9-4-6-21-12-11-20(34-21)5-3-7-22(37)18-36/h1-2,8,10-12,16,19-20,22,25-27,36-37H,3-7,9,13-15,17-18H2/t19?,20?,22-,25-,26+,27?/m1/s1. The van der Waals surface area contributed by atoms with Crippen LogP contribution in [-0.4, -0.2) is 76.2 Å². The predicted molar refractivity (Wildman–Crippen MR) is 149 cm³/mol. The van der Waals surface area contributed by atoms with E-state index in [4.69, 9.17) is 21.4 Å². The van der Waals surface area contributed by atoms with Crippen molar-refractivity contribution in [3.8, 4) is 5.75 Å². The maximum atomic E-state index is 13.9. The molecule has 40 heavy (non-hydrogen) atoms. The molecule has 0 bridgehead atoms. The van der Waals surface area contributed by atoms with Gasteiger partial charge in [0, 0.05) is 18.2 Å². The first kappa shape index (κ1) is 30.3. The number of carbonyl (C=O) groups excluding carboxylic acids is 2. The molecule has 218 valence electrons. The molecule has 7 nitrogen and oxygen atoms in total. The van der Waals surface area contributed by atoms with E-state index >= 15 is 0 Å². The zero-order valence-corrected chi connectivity index (χ0v) is 23.2. The number of allylic oxidation sites excluding steroid dienone is 1. The van der Waals surface area contributed by atoms with Gasteiger partial charge < -0.3 is 19.8 Å². The quantitative estimate of drug-likeness (QED) is 0.307. The number of rotatable bonds is 15. The maximum absolute atomic E-state index is 13.9. The molecule has 0 radical (unpaired) electrons. The Kier molecular flexibility index (Phi) is 10.9. The van der Waals surface area contributed by atoms with Crippen molar-refractivity contribution in [1.82, 2.24) is 4.90 Å². The van der Waals surface area contributed by atoms with Crippen LogP contribution in [-0.2, 0) is 9.59 Å². The summed E-state index contributed by atoms with van der Waals surface area (Å²) in [6, 6.07) is 6.11. The number of nitrogens with zero attached hydrogens (tertiary/aromatic N) is 2. The molecule has 10 heteroatoms. The van der Waals surface area contributed by atoms with Gasteiger partial charge in [-0.05, 0) is 75.5 Å². The maximum Gasteiger partial charge on any atom is 0.251 e. The van der Waals surface area contributed by atoms with Crippen LogP contribution in [0.4, 0.5) is 8.78 Å². The van der Waals surface area contributed by atoms with Gasteiger partial charge in [-0.2, -0.15) is 0 Å². The third-order valence-corrected chi connectivity index (χ3v) is 8.04. The van der Waals surface area contributed by atoms with E-state index in [9.17, 15) is 23.5 Å². The second kappa shape index (κ2) is 14.3. The number of para-hydroxylation sites is 1. The summed E-state index contributed by atoms with van der Waals surface area (Å²) in [4.78, 5) is 32.5. The van der Waals surface area contributed by atoms with Gasteiger partial charge in [0.1, 0.15) is 23.9 Å². The average molecular weight is 579 g/mol. The molecule has 1 aromatic carbocycles. The first-order chi connectivity index (χ1) is 19.2. The number of hydrogen-bond donors (Lipinski definition) is 2. The number of hydrogen-bond acceptors (Lipinski definition) is 6. The smallest absolute Gasteiger partial charge is 0.251 e. The number of ether oxygens (including phenoxy) is 1. The van der Waals surface area contributed by atoms with Crippen molar-refractivity contribution in [1.29, 1.82) is 0 Å². The lowest BCUT2D eigenvalue weighted by atomic mass is 9.92. The Hall–Kier alpha value is -2.62. The Morgan fingerprint density at radius 2 is 1.95 bits per heavy atom. The summed E-state index contributed by atoms with van der Waals surface area (Å²) in [5.41, 5.74) is 0.891. The van der Waals surface area contributed by atoms with Crippen LogP contribution in [0.3, 0.4) is 0 Å². The first-order valence-electron chi connectivity index (χ1n) is 14.0. The Morgan fingerprint density at radius 1 is 1.20 bits per heavy atom. The van der Waals surface area contributed by atoms with Gasteiger partial charge in [0.05, 0.1) is 36.4 Å². The van der Waals surface area contributed by atoms with Gasteiger partial charge in [0.15, 0.2) is 5.78 Å². The highest BCUT2D eigenvalue weighted by Gasteiger charge is 2.40. The molecule has 1 aliphatic carbocycles. The molecule has 4 rings (SSSR count). The highest BCUT2D eigenvalue weighted by molar-refractivity contribution is 6.32. The van der Waals surface area contributed by atoms with Crippen LogP contribution >= 0.6 is 11.6 Å². The average Bonchev–Trinajstić information content (AvgIpc) is 3.62. The third kappa shape index (κ3) is 8.21. The summed E-state index contributed by atoms with van der Waals surface area (Å²) in [5.74, 6) is -0.0815. The van der Waals surface area contributed by atoms with E-state index in [2.05, 4.69) is 4.99 Å². The molecular formula is C30H37ClF2N2O5. The van der Waals surface area contributed by atoms with Crippen molar-refractivity contribution in [3.63, 3.8) is 0 Å². The van der Waals surface area contributed by atoms with Crippen molar-refractivity contribution < 1.29 is 33.3 Å². The Labute approximate surface area is 238 Å². The summed E-state index contributed by atoms with van der Waals surface area (Å²) in [5, 5.41) is 18.8. The normalized spacial score (nSPS) is 25.7. The lowest BCUT2D eigenvalue weighted by Gasteiger charge is -2.29. The van der Waals surface area contributed by atoms with Crippen LogP contribution in [0.2, 0.25) is 5.02 Å². The summed E-state index contributed by atoms with van der Waals surface area (Å²) in [6.45, 7) is -0.171. The van der Waals surface area contributed by atoms with Crippen LogP contribution < -0.4 is 4.74 Å². The van der Waals surface area contributed by atoms with Crippen LogP contribution in [0.15, 0.2) is 53.2 Å². The number of halogens is 3. The van der Waals surface area contributed by atoms with Gasteiger partial charge in [-0.25, -0.2) is 8.78 Å². The van der Waals surface area contributed by atoms with Crippen molar-refractivity contribution in [3.05, 3.63) is 53.3 Å². The minimum atomic E-state index is -1.54. The summed E-state index contributed by atoms with van der Waals surface area (Å²) in [6.07, 6.45) is 5.17. The van der Waals surface area contributed by atoms with Gasteiger partial charge in [-0.15, -0.1) is 0 Å². The summed E-state index contributed by atoms with van der Waals surface area (Å²) in [7, 11) is 0. The SMILES string of the molecule is O=C(CCCC1=NC(CCC[C@@H](O)CO)C=C1)C(CC1C[C@@H](F)[C@@H](F)C1)N1CC(Oc2ccccc2Cl)=CC1=O. The number of ketones is 1. The Morgan fingerprint density at radius 3 is 2.67 bits per heavy atom. The van der Waals surface area contributed by atoms with Crippen molar-refractivity contribution in [2.45, 2.75) is 88.3 Å². The zero-order valence-electron chi connectivity index (χ0n) is 22.4. The molecule has 0 spiro atoms. The largest absolute Gasteiger partial charge is 0.458 e. The van der Waals surface area contributed by atoms with Crippen molar-refractivity contribution in [2.24, 2.45) is 10.9 Å². The van der Waals surface area contributed by atoms with E-state index in [-0.39, 0.29) is 62.5 Å². The van der Waals surface area contributed by atoms with Crippen LogP contribution in [0.5, 0.6) is 5.75 Å². The van der Waals surface area contributed by atoms with E-state index < -0.39 is 24.5 Å². The number of benzene rings is 1. The monoisotopic (exact) mass is 578 g/mol. The lowest BCUT2D eigenvalue weighted by Crippen LogP contribution is -2.44. The molecule has 3 unspecified atom stereocenters. The molecule has 1 amide bonds. The highest BCUT2D eigenvalue weighted by atomic mass is 35.5. The lowest BCUT2D eigenvalue weighted by molar-refractivity contribution is -0.135. The third-order valence-electron chi connectivity index (χ3n) is 7.73. The molecular weight excluding hydrogens is 542 g/mol. The van der Waals surface area contributed by atoms with Crippen LogP contribution in [0.25, 0.3) is 0 Å². The zero-order chi connectivity index (χ0) is 28.6.